The van der Waals surface area contributed by atoms with Gasteiger partial charge in [0, 0.05) is 42.8 Å². The molecule has 0 aliphatic carbocycles. The summed E-state index contributed by atoms with van der Waals surface area (Å²) in [4.78, 5) is 13.3. The van der Waals surface area contributed by atoms with Crippen molar-refractivity contribution in [3.8, 4) is 5.75 Å². The van der Waals surface area contributed by atoms with Gasteiger partial charge in [0.15, 0.2) is 6.10 Å². The summed E-state index contributed by atoms with van der Waals surface area (Å²) in [6.45, 7) is 7.21. The Morgan fingerprint density at radius 1 is 1.62 bits per heavy atom. The summed E-state index contributed by atoms with van der Waals surface area (Å²) < 4.78 is 5.53. The number of carbonyl (C=O) groups is 1. The van der Waals surface area contributed by atoms with Gasteiger partial charge in [0.1, 0.15) is 5.75 Å². The maximum atomic E-state index is 10.9. The Kier molecular flexibility index (Phi) is 5.45. The highest BCUT2D eigenvalue weighted by atomic mass is 35.5. The van der Waals surface area contributed by atoms with Crippen molar-refractivity contribution in [2.75, 3.05) is 19.6 Å². The SMILES string of the molecule is CC(Oc1ccc(Cl)cc1CN1CCN[C@@H](C)C1)C(=O)O. The molecule has 1 aromatic carbocycles. The average Bonchev–Trinajstić information content (AvgIpc) is 2.41. The van der Waals surface area contributed by atoms with E-state index in [1.165, 1.54) is 6.92 Å². The lowest BCUT2D eigenvalue weighted by atomic mass is 10.1. The molecule has 5 nitrogen and oxygen atoms in total. The Bertz CT molecular complexity index is 510. The van der Waals surface area contributed by atoms with Gasteiger partial charge in [0.2, 0.25) is 0 Å². The number of carboxylic acids is 1. The highest BCUT2D eigenvalue weighted by Crippen LogP contribution is 2.25. The van der Waals surface area contributed by atoms with Crippen LogP contribution >= 0.6 is 11.6 Å². The maximum absolute atomic E-state index is 10.9. The van der Waals surface area contributed by atoms with Crippen molar-refractivity contribution >= 4 is 17.6 Å². The number of hydrogen-bond acceptors (Lipinski definition) is 4. The molecule has 0 aromatic heterocycles. The minimum Gasteiger partial charge on any atom is -0.479 e. The third kappa shape index (κ3) is 4.59. The second-order valence-electron chi connectivity index (χ2n) is 5.44. The maximum Gasteiger partial charge on any atom is 0.344 e. The predicted octanol–water partition coefficient (Wildman–Crippen LogP) is 1.99. The van der Waals surface area contributed by atoms with Gasteiger partial charge in [-0.05, 0) is 32.0 Å². The largest absolute Gasteiger partial charge is 0.479 e. The molecule has 1 aromatic rings. The van der Waals surface area contributed by atoms with E-state index in [0.717, 1.165) is 25.2 Å². The van der Waals surface area contributed by atoms with E-state index in [4.69, 9.17) is 21.4 Å². The van der Waals surface area contributed by atoms with Gasteiger partial charge in [-0.25, -0.2) is 4.79 Å². The number of aliphatic carboxylic acids is 1. The lowest BCUT2D eigenvalue weighted by Crippen LogP contribution is -2.48. The van der Waals surface area contributed by atoms with E-state index in [9.17, 15) is 4.79 Å². The van der Waals surface area contributed by atoms with E-state index in [1.807, 2.05) is 6.07 Å². The Labute approximate surface area is 129 Å². The Morgan fingerprint density at radius 2 is 2.38 bits per heavy atom. The van der Waals surface area contributed by atoms with E-state index >= 15 is 0 Å². The Morgan fingerprint density at radius 3 is 3.05 bits per heavy atom. The molecule has 116 valence electrons. The quantitative estimate of drug-likeness (QED) is 0.870. The minimum absolute atomic E-state index is 0.445. The van der Waals surface area contributed by atoms with E-state index in [1.54, 1.807) is 12.1 Å². The molecule has 1 fully saturated rings. The van der Waals surface area contributed by atoms with E-state index in [-0.39, 0.29) is 0 Å². The van der Waals surface area contributed by atoms with E-state index < -0.39 is 12.1 Å². The molecule has 0 amide bonds. The van der Waals surface area contributed by atoms with Gasteiger partial charge in [-0.1, -0.05) is 11.6 Å². The minimum atomic E-state index is -0.980. The first-order valence-corrected chi connectivity index (χ1v) is 7.47. The zero-order valence-corrected chi connectivity index (χ0v) is 13.1. The average molecular weight is 313 g/mol. The van der Waals surface area contributed by atoms with Crippen LogP contribution in [-0.2, 0) is 11.3 Å². The molecule has 0 saturated carbocycles. The fraction of sp³-hybridized carbons (Fsp3) is 0.533. The molecule has 21 heavy (non-hydrogen) atoms. The predicted molar refractivity (Wildman–Crippen MR) is 81.9 cm³/mol. The standard InChI is InChI=1S/C15H21ClN2O3/c1-10-8-18(6-5-17-10)9-12-7-13(16)3-4-14(12)21-11(2)15(19)20/h3-4,7,10-11,17H,5-6,8-9H2,1-2H3,(H,19,20)/t10-,11?/m0/s1. The lowest BCUT2D eigenvalue weighted by Gasteiger charge is -2.32. The van der Waals surface area contributed by atoms with Crippen molar-refractivity contribution in [2.24, 2.45) is 0 Å². The van der Waals surface area contributed by atoms with Crippen LogP contribution in [0.15, 0.2) is 18.2 Å². The number of benzene rings is 1. The zero-order chi connectivity index (χ0) is 15.4. The van der Waals surface area contributed by atoms with Crippen molar-refractivity contribution in [1.82, 2.24) is 10.2 Å². The van der Waals surface area contributed by atoms with Crippen LogP contribution in [0.2, 0.25) is 5.02 Å². The van der Waals surface area contributed by atoms with E-state index in [0.29, 0.717) is 23.4 Å². The Balaban J connectivity index is 2.12. The summed E-state index contributed by atoms with van der Waals surface area (Å²) in [5.74, 6) is -0.396. The van der Waals surface area contributed by atoms with Crippen molar-refractivity contribution in [3.63, 3.8) is 0 Å². The van der Waals surface area contributed by atoms with Gasteiger partial charge >= 0.3 is 5.97 Å². The number of ether oxygens (including phenoxy) is 1. The van der Waals surface area contributed by atoms with Crippen LogP contribution in [0.25, 0.3) is 0 Å². The van der Waals surface area contributed by atoms with Gasteiger partial charge in [-0.2, -0.15) is 0 Å². The molecule has 2 N–H and O–H groups in total. The number of piperazine rings is 1. The van der Waals surface area contributed by atoms with Gasteiger partial charge < -0.3 is 15.2 Å². The smallest absolute Gasteiger partial charge is 0.344 e. The first-order valence-electron chi connectivity index (χ1n) is 7.09. The Hall–Kier alpha value is -1.30. The fourth-order valence-corrected chi connectivity index (χ4v) is 2.62. The van der Waals surface area contributed by atoms with Crippen LogP contribution < -0.4 is 10.1 Å². The monoisotopic (exact) mass is 312 g/mol. The highest BCUT2D eigenvalue weighted by molar-refractivity contribution is 6.30. The highest BCUT2D eigenvalue weighted by Gasteiger charge is 2.19. The third-order valence-corrected chi connectivity index (χ3v) is 3.76. The molecule has 0 spiro atoms. The summed E-state index contributed by atoms with van der Waals surface area (Å²) in [5.41, 5.74) is 0.921. The van der Waals surface area contributed by atoms with Gasteiger partial charge in [-0.15, -0.1) is 0 Å². The van der Waals surface area contributed by atoms with E-state index in [2.05, 4.69) is 17.1 Å². The molecule has 6 heteroatoms. The number of rotatable bonds is 5. The molecular formula is C15H21ClN2O3. The second kappa shape index (κ2) is 7.11. The summed E-state index contributed by atoms with van der Waals surface area (Å²) >= 11 is 6.06. The molecule has 1 heterocycles. The van der Waals surface area contributed by atoms with Crippen LogP contribution in [0.1, 0.15) is 19.4 Å². The van der Waals surface area contributed by atoms with Crippen molar-refractivity contribution < 1.29 is 14.6 Å². The van der Waals surface area contributed by atoms with Gasteiger partial charge in [-0.3, -0.25) is 4.90 Å². The molecule has 1 saturated heterocycles. The lowest BCUT2D eigenvalue weighted by molar-refractivity contribution is -0.144. The van der Waals surface area contributed by atoms with Crippen LogP contribution in [0.3, 0.4) is 0 Å². The number of nitrogens with one attached hydrogen (secondary N) is 1. The van der Waals surface area contributed by atoms with Crippen LogP contribution in [0.4, 0.5) is 0 Å². The molecule has 1 aliphatic heterocycles. The van der Waals surface area contributed by atoms with Gasteiger partial charge in [0.05, 0.1) is 0 Å². The summed E-state index contributed by atoms with van der Waals surface area (Å²) in [7, 11) is 0. The summed E-state index contributed by atoms with van der Waals surface area (Å²) in [5, 5.41) is 13.0. The molecule has 0 radical (unpaired) electrons. The van der Waals surface area contributed by atoms with Crippen molar-refractivity contribution in [2.45, 2.75) is 32.5 Å². The van der Waals surface area contributed by atoms with Crippen LogP contribution in [-0.4, -0.2) is 47.8 Å². The first kappa shape index (κ1) is 16.1. The fourth-order valence-electron chi connectivity index (χ4n) is 2.42. The summed E-state index contributed by atoms with van der Waals surface area (Å²) in [6.07, 6.45) is -0.883. The topological polar surface area (TPSA) is 61.8 Å². The van der Waals surface area contributed by atoms with Crippen molar-refractivity contribution in [3.05, 3.63) is 28.8 Å². The number of halogens is 1. The van der Waals surface area contributed by atoms with Crippen molar-refractivity contribution in [1.29, 1.82) is 0 Å². The third-order valence-electron chi connectivity index (χ3n) is 3.52. The molecule has 2 rings (SSSR count). The van der Waals surface area contributed by atoms with Crippen LogP contribution in [0, 0.1) is 0 Å². The zero-order valence-electron chi connectivity index (χ0n) is 12.3. The number of hydrogen-bond donors (Lipinski definition) is 2. The molecule has 0 bridgehead atoms. The van der Waals surface area contributed by atoms with Crippen LogP contribution in [0.5, 0.6) is 5.75 Å². The second-order valence-corrected chi connectivity index (χ2v) is 5.88. The normalized spacial score (nSPS) is 21.0. The summed E-state index contributed by atoms with van der Waals surface area (Å²) in [6, 6.07) is 5.75. The van der Waals surface area contributed by atoms with Gasteiger partial charge in [0.25, 0.3) is 0 Å². The number of nitrogens with zero attached hydrogens (tertiary/aromatic N) is 1. The molecule has 1 unspecified atom stereocenters. The molecular weight excluding hydrogens is 292 g/mol. The number of carboxylic acid groups (broad SMARTS) is 1. The molecule has 1 aliphatic rings. The molecule has 2 atom stereocenters. The first-order chi connectivity index (χ1) is 9.95.